The van der Waals surface area contributed by atoms with Crippen LogP contribution in [-0.2, 0) is 17.8 Å². The van der Waals surface area contributed by atoms with Crippen molar-refractivity contribution < 1.29 is 9.90 Å². The quantitative estimate of drug-likeness (QED) is 0.862. The van der Waals surface area contributed by atoms with Crippen molar-refractivity contribution in [2.75, 3.05) is 0 Å². The minimum atomic E-state index is -0.906. The van der Waals surface area contributed by atoms with Gasteiger partial charge >= 0.3 is 11.7 Å². The van der Waals surface area contributed by atoms with Crippen molar-refractivity contribution in [3.05, 3.63) is 27.4 Å². The third kappa shape index (κ3) is 3.42. The summed E-state index contributed by atoms with van der Waals surface area (Å²) in [6.07, 6.45) is 0.782. The zero-order valence-corrected chi connectivity index (χ0v) is 11.4. The van der Waals surface area contributed by atoms with Crippen molar-refractivity contribution in [2.45, 2.75) is 47.1 Å². The molecule has 0 unspecified atom stereocenters. The van der Waals surface area contributed by atoms with E-state index in [2.05, 4.69) is 18.8 Å². The molecule has 0 atom stereocenters. The first kappa shape index (κ1) is 14.4. The fourth-order valence-electron chi connectivity index (χ4n) is 1.90. The number of aromatic nitrogens is 2. The average molecular weight is 252 g/mol. The number of rotatable bonds is 5. The smallest absolute Gasteiger partial charge is 0.347 e. The number of hydrogen-bond acceptors (Lipinski definition) is 3. The zero-order chi connectivity index (χ0) is 13.9. The van der Waals surface area contributed by atoms with E-state index in [1.807, 2.05) is 0 Å². The highest BCUT2D eigenvalue weighted by molar-refractivity contribution is 5.70. The van der Waals surface area contributed by atoms with Gasteiger partial charge < -0.3 is 5.11 Å². The average Bonchev–Trinajstić information content (AvgIpc) is 2.23. The van der Waals surface area contributed by atoms with Crippen LogP contribution in [0.3, 0.4) is 0 Å². The molecule has 100 valence electrons. The van der Waals surface area contributed by atoms with Crippen LogP contribution < -0.4 is 5.69 Å². The summed E-state index contributed by atoms with van der Waals surface area (Å²) in [5, 5.41) is 8.88. The van der Waals surface area contributed by atoms with Crippen molar-refractivity contribution in [1.82, 2.24) is 9.55 Å². The van der Waals surface area contributed by atoms with Gasteiger partial charge in [0.15, 0.2) is 0 Å². The molecule has 0 amide bonds. The summed E-state index contributed by atoms with van der Waals surface area (Å²) in [6.45, 7) is 8.22. The van der Waals surface area contributed by atoms with E-state index in [0.29, 0.717) is 23.7 Å². The Labute approximate surface area is 106 Å². The van der Waals surface area contributed by atoms with Crippen molar-refractivity contribution in [3.8, 4) is 0 Å². The van der Waals surface area contributed by atoms with Gasteiger partial charge in [-0.1, -0.05) is 13.8 Å². The van der Waals surface area contributed by atoms with Crippen molar-refractivity contribution in [2.24, 2.45) is 5.92 Å². The normalized spacial score (nSPS) is 10.9. The van der Waals surface area contributed by atoms with Gasteiger partial charge in [-0.25, -0.2) is 4.79 Å². The van der Waals surface area contributed by atoms with E-state index in [4.69, 9.17) is 5.11 Å². The molecule has 1 aromatic rings. The van der Waals surface area contributed by atoms with Gasteiger partial charge in [0.2, 0.25) is 0 Å². The van der Waals surface area contributed by atoms with E-state index in [-0.39, 0.29) is 12.1 Å². The third-order valence-corrected chi connectivity index (χ3v) is 3.03. The summed E-state index contributed by atoms with van der Waals surface area (Å²) < 4.78 is 1.57. The molecule has 0 radical (unpaired) electrons. The summed E-state index contributed by atoms with van der Waals surface area (Å²) in [7, 11) is 0. The Morgan fingerprint density at radius 3 is 2.50 bits per heavy atom. The number of aryl methyl sites for hydroxylation is 1. The molecule has 1 N–H and O–H groups in total. The Morgan fingerprint density at radius 2 is 2.00 bits per heavy atom. The highest BCUT2D eigenvalue weighted by atomic mass is 16.4. The molecule has 5 nitrogen and oxygen atoms in total. The van der Waals surface area contributed by atoms with Crippen LogP contribution in [0.15, 0.2) is 4.79 Å². The van der Waals surface area contributed by atoms with Gasteiger partial charge in [-0.2, -0.15) is 4.98 Å². The lowest BCUT2D eigenvalue weighted by molar-refractivity contribution is -0.136. The Hall–Kier alpha value is -1.65. The SMILES string of the molecule is Cc1nc(=O)n(CCC(C)C)c(C)c1CC(=O)O. The lowest BCUT2D eigenvalue weighted by Gasteiger charge is -2.15. The molecule has 0 fully saturated rings. The first-order valence-electron chi connectivity index (χ1n) is 6.11. The summed E-state index contributed by atoms with van der Waals surface area (Å²) in [5.74, 6) is -0.419. The van der Waals surface area contributed by atoms with Gasteiger partial charge in [0.05, 0.1) is 6.42 Å². The minimum Gasteiger partial charge on any atom is -0.481 e. The molecule has 0 aliphatic heterocycles. The van der Waals surface area contributed by atoms with E-state index in [1.54, 1.807) is 18.4 Å². The van der Waals surface area contributed by atoms with Crippen LogP contribution >= 0.6 is 0 Å². The van der Waals surface area contributed by atoms with Crippen LogP contribution in [0.4, 0.5) is 0 Å². The predicted octanol–water partition coefficient (Wildman–Crippen LogP) is 1.53. The largest absolute Gasteiger partial charge is 0.481 e. The number of carbonyl (C=O) groups is 1. The van der Waals surface area contributed by atoms with Crippen LogP contribution in [0.25, 0.3) is 0 Å². The standard InChI is InChI=1S/C13H20N2O3/c1-8(2)5-6-15-10(4)11(7-12(16)17)9(3)14-13(15)18/h8H,5-7H2,1-4H3,(H,16,17). The number of hydrogen-bond donors (Lipinski definition) is 1. The van der Waals surface area contributed by atoms with E-state index in [9.17, 15) is 9.59 Å². The van der Waals surface area contributed by atoms with Crippen molar-refractivity contribution in [1.29, 1.82) is 0 Å². The number of carboxylic acid groups (broad SMARTS) is 1. The monoisotopic (exact) mass is 252 g/mol. The summed E-state index contributed by atoms with van der Waals surface area (Å²) >= 11 is 0. The Bertz CT molecular complexity index is 504. The zero-order valence-electron chi connectivity index (χ0n) is 11.4. The minimum absolute atomic E-state index is 0.0906. The topological polar surface area (TPSA) is 72.2 Å². The lowest BCUT2D eigenvalue weighted by Crippen LogP contribution is -2.29. The van der Waals surface area contributed by atoms with Gasteiger partial charge in [-0.3, -0.25) is 9.36 Å². The van der Waals surface area contributed by atoms with Crippen molar-refractivity contribution >= 4 is 5.97 Å². The Morgan fingerprint density at radius 1 is 1.39 bits per heavy atom. The molecule has 1 aromatic heterocycles. The van der Waals surface area contributed by atoms with Gasteiger partial charge in [-0.15, -0.1) is 0 Å². The van der Waals surface area contributed by atoms with Crippen molar-refractivity contribution in [3.63, 3.8) is 0 Å². The van der Waals surface area contributed by atoms with Gasteiger partial charge in [-0.05, 0) is 26.2 Å². The fraction of sp³-hybridized carbons (Fsp3) is 0.615. The second-order valence-electron chi connectivity index (χ2n) is 4.95. The van der Waals surface area contributed by atoms with Gasteiger partial charge in [0.1, 0.15) is 0 Å². The number of nitrogens with zero attached hydrogens (tertiary/aromatic N) is 2. The second kappa shape index (κ2) is 5.80. The molecule has 0 aliphatic rings. The molecule has 0 saturated heterocycles. The second-order valence-corrected chi connectivity index (χ2v) is 4.95. The van der Waals surface area contributed by atoms with Crippen LogP contribution in [0.1, 0.15) is 37.2 Å². The lowest BCUT2D eigenvalue weighted by atomic mass is 10.1. The van der Waals surface area contributed by atoms with Crippen LogP contribution in [0, 0.1) is 19.8 Å². The van der Waals surface area contributed by atoms with E-state index in [1.165, 1.54) is 0 Å². The Balaban J connectivity index is 3.18. The molecular weight excluding hydrogens is 232 g/mol. The molecule has 0 spiro atoms. The van der Waals surface area contributed by atoms with E-state index >= 15 is 0 Å². The molecular formula is C13H20N2O3. The predicted molar refractivity (Wildman–Crippen MR) is 68.8 cm³/mol. The molecule has 0 saturated carbocycles. The maximum atomic E-state index is 11.8. The van der Waals surface area contributed by atoms with E-state index in [0.717, 1.165) is 12.1 Å². The molecule has 0 bridgehead atoms. The maximum Gasteiger partial charge on any atom is 0.347 e. The molecule has 0 aromatic carbocycles. The third-order valence-electron chi connectivity index (χ3n) is 3.03. The molecule has 18 heavy (non-hydrogen) atoms. The van der Waals surface area contributed by atoms with Crippen LogP contribution in [-0.4, -0.2) is 20.6 Å². The summed E-state index contributed by atoms with van der Waals surface area (Å²) in [5.41, 5.74) is 1.59. The first-order chi connectivity index (χ1) is 8.32. The number of carboxylic acids is 1. The first-order valence-corrected chi connectivity index (χ1v) is 6.11. The van der Waals surface area contributed by atoms with E-state index < -0.39 is 5.97 Å². The van der Waals surface area contributed by atoms with Crippen LogP contribution in [0.2, 0.25) is 0 Å². The van der Waals surface area contributed by atoms with Gasteiger partial charge in [0.25, 0.3) is 0 Å². The molecule has 0 aliphatic carbocycles. The van der Waals surface area contributed by atoms with Crippen LogP contribution in [0.5, 0.6) is 0 Å². The number of aliphatic carboxylic acids is 1. The summed E-state index contributed by atoms with van der Waals surface area (Å²) in [6, 6.07) is 0. The summed E-state index contributed by atoms with van der Waals surface area (Å²) in [4.78, 5) is 26.5. The fourth-order valence-corrected chi connectivity index (χ4v) is 1.90. The highest BCUT2D eigenvalue weighted by Gasteiger charge is 2.14. The molecule has 5 heteroatoms. The molecule has 1 heterocycles. The van der Waals surface area contributed by atoms with Gasteiger partial charge in [0, 0.05) is 23.5 Å². The Kier molecular flexibility index (Phi) is 4.64. The maximum absolute atomic E-state index is 11.8. The molecule has 1 rings (SSSR count). The highest BCUT2D eigenvalue weighted by Crippen LogP contribution is 2.12.